The Bertz CT molecular complexity index is 1510. The molecule has 1 amide bonds. The van der Waals surface area contributed by atoms with Gasteiger partial charge in [-0.15, -0.1) is 0 Å². The fourth-order valence-corrected chi connectivity index (χ4v) is 4.50. The maximum Gasteiger partial charge on any atom is 0.416 e. The van der Waals surface area contributed by atoms with Crippen LogP contribution >= 0.6 is 15.9 Å². The highest BCUT2D eigenvalue weighted by molar-refractivity contribution is 9.10. The van der Waals surface area contributed by atoms with Gasteiger partial charge in [0, 0.05) is 35.5 Å². The van der Waals surface area contributed by atoms with E-state index in [0.29, 0.717) is 21.5 Å². The fourth-order valence-electron chi connectivity index (χ4n) is 4.12. The molecule has 0 bridgehead atoms. The van der Waals surface area contributed by atoms with Crippen LogP contribution < -0.4 is 9.47 Å². The zero-order valence-electron chi connectivity index (χ0n) is 20.6. The van der Waals surface area contributed by atoms with Crippen molar-refractivity contribution in [3.8, 4) is 17.2 Å². The molecule has 0 radical (unpaired) electrons. The minimum atomic E-state index is -5.09. The molecule has 3 aromatic carbocycles. The van der Waals surface area contributed by atoms with Crippen molar-refractivity contribution < 1.29 is 37.3 Å². The molecule has 40 heavy (non-hydrogen) atoms. The van der Waals surface area contributed by atoms with Crippen LogP contribution in [0.15, 0.2) is 64.2 Å². The number of carbonyl (C=O) groups is 1. The molecular formula is C25H18BrF3N4O7. The van der Waals surface area contributed by atoms with Crippen LogP contribution in [0, 0.1) is 20.2 Å². The average Bonchev–Trinajstić information content (AvgIpc) is 3.34. The molecule has 11 nitrogen and oxygen atoms in total. The number of alkyl halides is 3. The van der Waals surface area contributed by atoms with E-state index in [1.807, 2.05) is 0 Å². The van der Waals surface area contributed by atoms with Crippen molar-refractivity contribution >= 4 is 38.9 Å². The predicted molar refractivity (Wildman–Crippen MR) is 138 cm³/mol. The van der Waals surface area contributed by atoms with Gasteiger partial charge in [-0.1, -0.05) is 15.9 Å². The lowest BCUT2D eigenvalue weighted by Gasteiger charge is -2.23. The molecule has 0 saturated heterocycles. The molecule has 4 rings (SSSR count). The van der Waals surface area contributed by atoms with Crippen LogP contribution in [0.3, 0.4) is 0 Å². The molecule has 1 unspecified atom stereocenters. The minimum Gasteiger partial charge on any atom is -0.497 e. The van der Waals surface area contributed by atoms with Gasteiger partial charge in [0.2, 0.25) is 5.91 Å². The third kappa shape index (κ3) is 5.73. The maximum atomic E-state index is 13.3. The number of methoxy groups -OCH3 is 1. The third-order valence-corrected chi connectivity index (χ3v) is 6.46. The van der Waals surface area contributed by atoms with Crippen LogP contribution in [0.1, 0.15) is 36.1 Å². The number of hydrogen-bond acceptors (Lipinski definition) is 8. The molecule has 0 N–H and O–H groups in total. The number of halogens is 4. The van der Waals surface area contributed by atoms with E-state index in [9.17, 15) is 38.2 Å². The van der Waals surface area contributed by atoms with E-state index in [0.717, 1.165) is 0 Å². The van der Waals surface area contributed by atoms with Gasteiger partial charge in [0.15, 0.2) is 0 Å². The van der Waals surface area contributed by atoms with E-state index in [-0.39, 0.29) is 29.9 Å². The van der Waals surface area contributed by atoms with Gasteiger partial charge in [-0.05, 0) is 48.0 Å². The highest BCUT2D eigenvalue weighted by Crippen LogP contribution is 2.47. The normalized spacial score (nSPS) is 15.0. The number of rotatable bonds is 7. The molecular weight excluding hydrogens is 605 g/mol. The summed E-state index contributed by atoms with van der Waals surface area (Å²) in [5, 5.41) is 29.0. The van der Waals surface area contributed by atoms with Gasteiger partial charge in [0.25, 0.3) is 5.75 Å². The summed E-state index contributed by atoms with van der Waals surface area (Å²) in [5.41, 5.74) is -2.63. The Balaban J connectivity index is 1.81. The van der Waals surface area contributed by atoms with Crippen molar-refractivity contribution in [2.24, 2.45) is 5.10 Å². The highest BCUT2D eigenvalue weighted by Gasteiger charge is 2.40. The van der Waals surface area contributed by atoms with Crippen LogP contribution in [0.2, 0.25) is 0 Å². The first-order valence-corrected chi connectivity index (χ1v) is 12.1. The van der Waals surface area contributed by atoms with Crippen LogP contribution in [-0.4, -0.2) is 33.6 Å². The lowest BCUT2D eigenvalue weighted by Crippen LogP contribution is -2.24. The van der Waals surface area contributed by atoms with Gasteiger partial charge in [-0.25, -0.2) is 5.01 Å². The van der Waals surface area contributed by atoms with E-state index in [4.69, 9.17) is 9.47 Å². The zero-order valence-corrected chi connectivity index (χ0v) is 22.2. The van der Waals surface area contributed by atoms with Crippen molar-refractivity contribution in [2.45, 2.75) is 25.6 Å². The Morgan fingerprint density at radius 3 is 2.15 bits per heavy atom. The molecule has 208 valence electrons. The van der Waals surface area contributed by atoms with E-state index >= 15 is 0 Å². The summed E-state index contributed by atoms with van der Waals surface area (Å²) in [6, 6.07) is 10.8. The molecule has 1 aliphatic heterocycles. The number of nitro groups is 2. The lowest BCUT2D eigenvalue weighted by atomic mass is 9.97. The average molecular weight is 623 g/mol. The molecule has 1 heterocycles. The van der Waals surface area contributed by atoms with Gasteiger partial charge in [-0.3, -0.25) is 25.0 Å². The standard InChI is InChI=1S/C25H18BrF3N4O7/c1-13(34)31-20(12-19(30-31)14-3-6-17(39-2)7-4-14)18-11-16(26)5-8-23(18)40-24-21(32(35)36)9-15(25(27,28)29)10-22(24)33(37)38/h3-11,20H,12H2,1-2H3. The van der Waals surface area contributed by atoms with Crippen LogP contribution in [0.4, 0.5) is 24.5 Å². The summed E-state index contributed by atoms with van der Waals surface area (Å²) >= 11 is 3.32. The lowest BCUT2D eigenvalue weighted by molar-refractivity contribution is -0.396. The Hall–Kier alpha value is -4.53. The van der Waals surface area contributed by atoms with Gasteiger partial charge in [-0.2, -0.15) is 18.3 Å². The first kappa shape index (κ1) is 28.5. The van der Waals surface area contributed by atoms with E-state index in [1.165, 1.54) is 37.2 Å². The zero-order chi connectivity index (χ0) is 29.4. The highest BCUT2D eigenvalue weighted by atomic mass is 79.9. The van der Waals surface area contributed by atoms with E-state index in [2.05, 4.69) is 21.0 Å². The number of hydrazone groups is 1. The smallest absolute Gasteiger partial charge is 0.416 e. The first-order chi connectivity index (χ1) is 18.8. The summed E-state index contributed by atoms with van der Waals surface area (Å²) in [4.78, 5) is 33.5. The first-order valence-electron chi connectivity index (χ1n) is 11.3. The summed E-state index contributed by atoms with van der Waals surface area (Å²) in [7, 11) is 1.51. The Morgan fingerprint density at radius 1 is 1.05 bits per heavy atom. The molecule has 0 spiro atoms. The summed E-state index contributed by atoms with van der Waals surface area (Å²) < 4.78 is 51.3. The topological polar surface area (TPSA) is 137 Å². The second-order valence-corrected chi connectivity index (χ2v) is 9.41. The van der Waals surface area contributed by atoms with Gasteiger partial charge in [0.1, 0.15) is 11.5 Å². The molecule has 3 aromatic rings. The predicted octanol–water partition coefficient (Wildman–Crippen LogP) is 6.78. The van der Waals surface area contributed by atoms with E-state index in [1.54, 1.807) is 24.3 Å². The minimum absolute atomic E-state index is 0.156. The second-order valence-electron chi connectivity index (χ2n) is 8.50. The number of carbonyl (C=O) groups excluding carboxylic acids is 1. The number of amides is 1. The fraction of sp³-hybridized carbons (Fsp3) is 0.200. The molecule has 1 atom stereocenters. The van der Waals surface area contributed by atoms with Crippen LogP contribution in [0.5, 0.6) is 17.2 Å². The molecule has 0 aliphatic carbocycles. The SMILES string of the molecule is COc1ccc(C2=NN(C(C)=O)C(c3cc(Br)ccc3Oc3c([N+](=O)[O-])cc(C(F)(F)F)cc3[N+](=O)[O-])C2)cc1. The quantitative estimate of drug-likeness (QED) is 0.209. The number of nitrogens with zero attached hydrogens (tertiary/aromatic N) is 4. The molecule has 15 heteroatoms. The largest absolute Gasteiger partial charge is 0.497 e. The van der Waals surface area contributed by atoms with Crippen molar-refractivity contribution in [1.82, 2.24) is 5.01 Å². The Labute approximate surface area is 232 Å². The Morgan fingerprint density at radius 2 is 1.65 bits per heavy atom. The van der Waals surface area contributed by atoms with Crippen molar-refractivity contribution in [2.75, 3.05) is 7.11 Å². The summed E-state index contributed by atoms with van der Waals surface area (Å²) in [5.74, 6) is -0.998. The molecule has 0 aromatic heterocycles. The van der Waals surface area contributed by atoms with Gasteiger partial charge < -0.3 is 9.47 Å². The Kier molecular flexibility index (Phi) is 7.77. The van der Waals surface area contributed by atoms with E-state index < -0.39 is 50.7 Å². The van der Waals surface area contributed by atoms with Crippen LogP contribution in [0.25, 0.3) is 0 Å². The van der Waals surface area contributed by atoms with Crippen molar-refractivity contribution in [3.05, 3.63) is 96.0 Å². The second kappa shape index (κ2) is 10.9. The number of ether oxygens (including phenoxy) is 2. The van der Waals surface area contributed by atoms with Crippen LogP contribution in [-0.2, 0) is 11.0 Å². The monoisotopic (exact) mass is 622 g/mol. The number of nitro benzene ring substituents is 2. The van der Waals surface area contributed by atoms with Crippen molar-refractivity contribution in [1.29, 1.82) is 0 Å². The third-order valence-electron chi connectivity index (χ3n) is 5.97. The van der Waals surface area contributed by atoms with Gasteiger partial charge in [0.05, 0.1) is 34.3 Å². The maximum absolute atomic E-state index is 13.3. The molecule has 1 aliphatic rings. The molecule has 0 fully saturated rings. The number of hydrogen-bond donors (Lipinski definition) is 0. The van der Waals surface area contributed by atoms with Crippen molar-refractivity contribution in [3.63, 3.8) is 0 Å². The summed E-state index contributed by atoms with van der Waals surface area (Å²) in [6.45, 7) is 1.28. The number of benzene rings is 3. The summed E-state index contributed by atoms with van der Waals surface area (Å²) in [6.07, 6.45) is -4.92. The molecule has 0 saturated carbocycles. The van der Waals surface area contributed by atoms with Gasteiger partial charge >= 0.3 is 17.6 Å².